The van der Waals surface area contributed by atoms with Crippen LogP contribution in [0.15, 0.2) is 46.9 Å². The first-order valence-electron chi connectivity index (χ1n) is 5.92. The third-order valence-corrected chi connectivity index (χ3v) is 3.21. The Kier molecular flexibility index (Phi) is 4.74. The van der Waals surface area contributed by atoms with Gasteiger partial charge in [-0.25, -0.2) is 4.39 Å². The zero-order valence-corrected chi connectivity index (χ0v) is 12.1. The average molecular weight is 339 g/mol. The number of para-hydroxylation sites is 1. The van der Waals surface area contributed by atoms with E-state index in [9.17, 15) is 9.18 Å². The summed E-state index contributed by atoms with van der Waals surface area (Å²) in [6.07, 6.45) is -0.126. The van der Waals surface area contributed by atoms with Crippen LogP contribution in [0.25, 0.3) is 0 Å². The normalized spacial score (nSPS) is 10.3. The van der Waals surface area contributed by atoms with E-state index in [1.807, 2.05) is 0 Å². The fourth-order valence-electron chi connectivity index (χ4n) is 1.75. The molecule has 0 saturated carbocycles. The highest BCUT2D eigenvalue weighted by molar-refractivity contribution is 9.10. The summed E-state index contributed by atoms with van der Waals surface area (Å²) in [6, 6.07) is 11.6. The van der Waals surface area contributed by atoms with E-state index in [0.717, 1.165) is 0 Å². The summed E-state index contributed by atoms with van der Waals surface area (Å²) in [6.45, 7) is 0.0513. The van der Waals surface area contributed by atoms with Crippen LogP contribution in [-0.4, -0.2) is 11.1 Å². The summed E-state index contributed by atoms with van der Waals surface area (Å²) < 4.78 is 19.8. The number of hydrogen-bond donors (Lipinski definition) is 1. The van der Waals surface area contributed by atoms with Gasteiger partial charge < -0.3 is 9.84 Å². The SMILES string of the molecule is O=C(O)Cc1ccccc1OCc1ccc(Br)cc1F. The second-order valence-electron chi connectivity index (χ2n) is 4.20. The minimum atomic E-state index is -0.934. The molecule has 1 N–H and O–H groups in total. The molecule has 0 saturated heterocycles. The largest absolute Gasteiger partial charge is 0.488 e. The van der Waals surface area contributed by atoms with Gasteiger partial charge in [0, 0.05) is 15.6 Å². The molecule has 0 amide bonds. The van der Waals surface area contributed by atoms with E-state index in [1.54, 1.807) is 36.4 Å². The molecule has 0 aliphatic rings. The molecule has 104 valence electrons. The van der Waals surface area contributed by atoms with Crippen molar-refractivity contribution in [3.63, 3.8) is 0 Å². The van der Waals surface area contributed by atoms with Crippen molar-refractivity contribution in [2.45, 2.75) is 13.0 Å². The first kappa shape index (κ1) is 14.5. The van der Waals surface area contributed by atoms with Crippen LogP contribution in [-0.2, 0) is 17.8 Å². The van der Waals surface area contributed by atoms with Gasteiger partial charge in [0.2, 0.25) is 0 Å². The monoisotopic (exact) mass is 338 g/mol. The zero-order chi connectivity index (χ0) is 14.5. The Morgan fingerprint density at radius 1 is 1.20 bits per heavy atom. The second-order valence-corrected chi connectivity index (χ2v) is 5.12. The van der Waals surface area contributed by atoms with E-state index in [2.05, 4.69) is 15.9 Å². The molecular formula is C15H12BrFO3. The third kappa shape index (κ3) is 3.81. The molecule has 0 bridgehead atoms. The van der Waals surface area contributed by atoms with Crippen molar-refractivity contribution in [2.24, 2.45) is 0 Å². The highest BCUT2D eigenvalue weighted by atomic mass is 79.9. The first-order valence-corrected chi connectivity index (χ1v) is 6.72. The van der Waals surface area contributed by atoms with Crippen LogP contribution in [0, 0.1) is 5.82 Å². The molecule has 0 aliphatic carbocycles. The molecule has 3 nitrogen and oxygen atoms in total. The lowest BCUT2D eigenvalue weighted by atomic mass is 10.1. The molecule has 5 heteroatoms. The lowest BCUT2D eigenvalue weighted by Crippen LogP contribution is -2.04. The summed E-state index contributed by atoms with van der Waals surface area (Å²) in [7, 11) is 0. The van der Waals surface area contributed by atoms with Crippen molar-refractivity contribution >= 4 is 21.9 Å². The Morgan fingerprint density at radius 3 is 2.65 bits per heavy atom. The zero-order valence-electron chi connectivity index (χ0n) is 10.5. The number of carboxylic acid groups (broad SMARTS) is 1. The lowest BCUT2D eigenvalue weighted by Gasteiger charge is -2.11. The van der Waals surface area contributed by atoms with Gasteiger partial charge in [-0.2, -0.15) is 0 Å². The highest BCUT2D eigenvalue weighted by Crippen LogP contribution is 2.21. The van der Waals surface area contributed by atoms with Crippen molar-refractivity contribution in [3.05, 3.63) is 63.9 Å². The molecule has 0 fully saturated rings. The van der Waals surface area contributed by atoms with Gasteiger partial charge in [-0.15, -0.1) is 0 Å². The Hall–Kier alpha value is -1.88. The van der Waals surface area contributed by atoms with Gasteiger partial charge in [-0.05, 0) is 18.2 Å². The molecule has 0 atom stereocenters. The summed E-state index contributed by atoms with van der Waals surface area (Å²) >= 11 is 3.18. The standard InChI is InChI=1S/C15H12BrFO3/c16-12-6-5-11(13(17)8-12)9-20-14-4-2-1-3-10(14)7-15(18)19/h1-6,8H,7,9H2,(H,18,19). The first-order chi connectivity index (χ1) is 9.56. The van der Waals surface area contributed by atoms with Crippen molar-refractivity contribution in [1.82, 2.24) is 0 Å². The maximum absolute atomic E-state index is 13.7. The van der Waals surface area contributed by atoms with E-state index < -0.39 is 5.97 Å². The summed E-state index contributed by atoms with van der Waals surface area (Å²) in [5, 5.41) is 8.83. The number of benzene rings is 2. The Labute approximate surface area is 124 Å². The van der Waals surface area contributed by atoms with Gasteiger partial charge in [0.25, 0.3) is 0 Å². The predicted octanol–water partition coefficient (Wildman–Crippen LogP) is 3.79. The maximum Gasteiger partial charge on any atom is 0.307 e. The van der Waals surface area contributed by atoms with Crippen LogP contribution < -0.4 is 4.74 Å². The van der Waals surface area contributed by atoms with Crippen LogP contribution in [0.3, 0.4) is 0 Å². The van der Waals surface area contributed by atoms with Crippen molar-refractivity contribution in [1.29, 1.82) is 0 Å². The molecule has 2 rings (SSSR count). The number of carboxylic acids is 1. The molecule has 0 aliphatic heterocycles. The van der Waals surface area contributed by atoms with Gasteiger partial charge in [-0.3, -0.25) is 4.79 Å². The number of aliphatic carboxylic acids is 1. The minimum absolute atomic E-state index is 0.0513. The van der Waals surface area contributed by atoms with Crippen LogP contribution in [0.2, 0.25) is 0 Å². The highest BCUT2D eigenvalue weighted by Gasteiger charge is 2.09. The fraction of sp³-hybridized carbons (Fsp3) is 0.133. The lowest BCUT2D eigenvalue weighted by molar-refractivity contribution is -0.136. The molecule has 2 aromatic rings. The molecule has 2 aromatic carbocycles. The van der Waals surface area contributed by atoms with Crippen LogP contribution in [0.1, 0.15) is 11.1 Å². The van der Waals surface area contributed by atoms with Crippen LogP contribution >= 0.6 is 15.9 Å². The second kappa shape index (κ2) is 6.52. The van der Waals surface area contributed by atoms with Crippen molar-refractivity contribution in [2.75, 3.05) is 0 Å². The Balaban J connectivity index is 2.12. The number of ether oxygens (including phenoxy) is 1. The summed E-state index contributed by atoms with van der Waals surface area (Å²) in [5.74, 6) is -0.844. The van der Waals surface area contributed by atoms with E-state index in [0.29, 0.717) is 21.3 Å². The van der Waals surface area contributed by atoms with Crippen molar-refractivity contribution < 1.29 is 19.0 Å². The fourth-order valence-corrected chi connectivity index (χ4v) is 2.08. The van der Waals surface area contributed by atoms with Gasteiger partial charge in [0.15, 0.2) is 0 Å². The van der Waals surface area contributed by atoms with E-state index >= 15 is 0 Å². The minimum Gasteiger partial charge on any atom is -0.488 e. The number of carbonyl (C=O) groups is 1. The van der Waals surface area contributed by atoms with Crippen LogP contribution in [0.5, 0.6) is 5.75 Å². The third-order valence-electron chi connectivity index (χ3n) is 2.71. The Bertz CT molecular complexity index is 628. The van der Waals surface area contributed by atoms with E-state index in [4.69, 9.17) is 9.84 Å². The van der Waals surface area contributed by atoms with Gasteiger partial charge in [0.1, 0.15) is 18.2 Å². The van der Waals surface area contributed by atoms with E-state index in [1.165, 1.54) is 6.07 Å². The Morgan fingerprint density at radius 2 is 1.95 bits per heavy atom. The molecule has 0 unspecified atom stereocenters. The predicted molar refractivity (Wildman–Crippen MR) is 76.2 cm³/mol. The molecule has 0 spiro atoms. The quantitative estimate of drug-likeness (QED) is 0.901. The van der Waals surface area contributed by atoms with E-state index in [-0.39, 0.29) is 18.8 Å². The number of hydrogen-bond acceptors (Lipinski definition) is 2. The van der Waals surface area contributed by atoms with Gasteiger partial charge in [-0.1, -0.05) is 40.2 Å². The van der Waals surface area contributed by atoms with Gasteiger partial charge in [0.05, 0.1) is 6.42 Å². The number of rotatable bonds is 5. The smallest absolute Gasteiger partial charge is 0.307 e. The molecule has 0 aromatic heterocycles. The molecule has 0 radical (unpaired) electrons. The summed E-state index contributed by atoms with van der Waals surface area (Å²) in [5.41, 5.74) is 0.982. The average Bonchev–Trinajstić information content (AvgIpc) is 2.39. The van der Waals surface area contributed by atoms with Gasteiger partial charge >= 0.3 is 5.97 Å². The molecule has 20 heavy (non-hydrogen) atoms. The molecular weight excluding hydrogens is 327 g/mol. The number of halogens is 2. The molecule has 0 heterocycles. The topological polar surface area (TPSA) is 46.5 Å². The summed E-state index contributed by atoms with van der Waals surface area (Å²) in [4.78, 5) is 10.8. The van der Waals surface area contributed by atoms with Crippen molar-refractivity contribution in [3.8, 4) is 5.75 Å². The maximum atomic E-state index is 13.7. The van der Waals surface area contributed by atoms with Crippen LogP contribution in [0.4, 0.5) is 4.39 Å².